The number of aliphatic hydroxyl groups excluding tert-OH is 1. The first-order valence-electron chi connectivity index (χ1n) is 6.83. The Hall–Kier alpha value is -1.72. The quantitative estimate of drug-likeness (QED) is 0.892. The van der Waals surface area contributed by atoms with E-state index in [1.54, 1.807) is 6.07 Å². The van der Waals surface area contributed by atoms with Crippen molar-refractivity contribution in [3.05, 3.63) is 50.5 Å². The molecular weight excluding hydrogens is 289 g/mol. The standard InChI is InChI=1S/C16H16FNO2S/c1-8-5-14(21-9(8)2)16(20)11-6-10-3-4-15(19)18-13(10)7-12(11)17/h5-7,16,20H,3-4H2,1-2H3,(H,18,19). The van der Waals surface area contributed by atoms with Gasteiger partial charge in [-0.15, -0.1) is 11.3 Å². The van der Waals surface area contributed by atoms with Crippen molar-refractivity contribution in [3.8, 4) is 0 Å². The topological polar surface area (TPSA) is 49.3 Å². The normalized spacial score (nSPS) is 15.5. The van der Waals surface area contributed by atoms with Gasteiger partial charge in [-0.05, 0) is 49.6 Å². The van der Waals surface area contributed by atoms with E-state index >= 15 is 0 Å². The molecule has 1 aromatic heterocycles. The summed E-state index contributed by atoms with van der Waals surface area (Å²) in [5.41, 5.74) is 2.75. The summed E-state index contributed by atoms with van der Waals surface area (Å²) in [6.07, 6.45) is 0.0000213. The fraction of sp³-hybridized carbons (Fsp3) is 0.312. The van der Waals surface area contributed by atoms with E-state index in [1.807, 2.05) is 19.9 Å². The number of benzene rings is 1. The molecule has 0 aliphatic carbocycles. The summed E-state index contributed by atoms with van der Waals surface area (Å²) in [7, 11) is 0. The van der Waals surface area contributed by atoms with E-state index in [1.165, 1.54) is 17.4 Å². The smallest absolute Gasteiger partial charge is 0.224 e. The fourth-order valence-corrected chi connectivity index (χ4v) is 3.57. The highest BCUT2D eigenvalue weighted by atomic mass is 32.1. The van der Waals surface area contributed by atoms with E-state index in [0.29, 0.717) is 18.5 Å². The lowest BCUT2D eigenvalue weighted by atomic mass is 9.97. The molecule has 0 fully saturated rings. The number of carbonyl (C=O) groups excluding carboxylic acids is 1. The van der Waals surface area contributed by atoms with Gasteiger partial charge < -0.3 is 10.4 Å². The lowest BCUT2D eigenvalue weighted by Gasteiger charge is -2.19. The number of aliphatic hydroxyl groups is 1. The molecule has 2 aromatic rings. The highest BCUT2D eigenvalue weighted by Crippen LogP contribution is 2.35. The Morgan fingerprint density at radius 3 is 2.71 bits per heavy atom. The molecule has 1 amide bonds. The summed E-state index contributed by atoms with van der Waals surface area (Å²) in [5.74, 6) is -0.591. The zero-order valence-corrected chi connectivity index (χ0v) is 12.7. The van der Waals surface area contributed by atoms with Gasteiger partial charge in [-0.1, -0.05) is 0 Å². The van der Waals surface area contributed by atoms with Gasteiger partial charge in [-0.2, -0.15) is 0 Å². The molecule has 2 N–H and O–H groups in total. The van der Waals surface area contributed by atoms with Crippen LogP contribution in [0.1, 0.15) is 39.0 Å². The van der Waals surface area contributed by atoms with E-state index in [0.717, 1.165) is 20.9 Å². The monoisotopic (exact) mass is 305 g/mol. The summed E-state index contributed by atoms with van der Waals surface area (Å²) in [6, 6.07) is 4.86. The number of hydrogen-bond donors (Lipinski definition) is 2. The summed E-state index contributed by atoms with van der Waals surface area (Å²) < 4.78 is 14.2. The first kappa shape index (κ1) is 14.2. The van der Waals surface area contributed by atoms with Crippen molar-refractivity contribution in [2.75, 3.05) is 5.32 Å². The van der Waals surface area contributed by atoms with Gasteiger partial charge in [0.25, 0.3) is 0 Å². The number of fused-ring (bicyclic) bond motifs is 1. The summed E-state index contributed by atoms with van der Waals surface area (Å²) in [5, 5.41) is 13.1. The van der Waals surface area contributed by atoms with Gasteiger partial charge in [0.1, 0.15) is 11.9 Å². The molecule has 110 valence electrons. The van der Waals surface area contributed by atoms with Gasteiger partial charge in [0, 0.05) is 27.4 Å². The van der Waals surface area contributed by atoms with E-state index in [-0.39, 0.29) is 11.5 Å². The van der Waals surface area contributed by atoms with Crippen LogP contribution in [-0.4, -0.2) is 11.0 Å². The van der Waals surface area contributed by atoms with Gasteiger partial charge >= 0.3 is 0 Å². The molecular formula is C16H16FNO2S. The second-order valence-corrected chi connectivity index (χ2v) is 6.66. The van der Waals surface area contributed by atoms with Crippen LogP contribution in [0.2, 0.25) is 0 Å². The third-order valence-electron chi connectivity index (χ3n) is 3.87. The van der Waals surface area contributed by atoms with Crippen LogP contribution >= 0.6 is 11.3 Å². The highest BCUT2D eigenvalue weighted by molar-refractivity contribution is 7.12. The predicted octanol–water partition coefficient (Wildman–Crippen LogP) is 3.47. The van der Waals surface area contributed by atoms with Crippen LogP contribution < -0.4 is 5.32 Å². The maximum Gasteiger partial charge on any atom is 0.224 e. The van der Waals surface area contributed by atoms with Gasteiger partial charge in [0.2, 0.25) is 5.91 Å². The highest BCUT2D eigenvalue weighted by Gasteiger charge is 2.22. The zero-order chi connectivity index (χ0) is 15.1. The van der Waals surface area contributed by atoms with Crippen molar-refractivity contribution in [1.29, 1.82) is 0 Å². The number of amides is 1. The van der Waals surface area contributed by atoms with Crippen LogP contribution in [0.15, 0.2) is 18.2 Å². The predicted molar refractivity (Wildman–Crippen MR) is 81.2 cm³/mol. The Kier molecular flexibility index (Phi) is 3.55. The molecule has 2 heterocycles. The van der Waals surface area contributed by atoms with E-state index < -0.39 is 11.9 Å². The SMILES string of the molecule is Cc1cc(C(O)c2cc3c(cc2F)NC(=O)CC3)sc1C. The molecule has 21 heavy (non-hydrogen) atoms. The number of carbonyl (C=O) groups is 1. The maximum absolute atomic E-state index is 14.2. The molecule has 0 spiro atoms. The zero-order valence-electron chi connectivity index (χ0n) is 11.9. The van der Waals surface area contributed by atoms with E-state index in [9.17, 15) is 14.3 Å². The average molecular weight is 305 g/mol. The average Bonchev–Trinajstić information content (AvgIpc) is 2.77. The molecule has 0 saturated heterocycles. The molecule has 0 bridgehead atoms. The van der Waals surface area contributed by atoms with Crippen molar-refractivity contribution in [2.24, 2.45) is 0 Å². The van der Waals surface area contributed by atoms with Crippen molar-refractivity contribution >= 4 is 22.9 Å². The Morgan fingerprint density at radius 1 is 1.29 bits per heavy atom. The third kappa shape index (κ3) is 2.59. The van der Waals surface area contributed by atoms with E-state index in [4.69, 9.17) is 0 Å². The molecule has 1 aliphatic rings. The van der Waals surface area contributed by atoms with Crippen LogP contribution in [0.4, 0.5) is 10.1 Å². The van der Waals surface area contributed by atoms with Gasteiger partial charge in [-0.3, -0.25) is 4.79 Å². The van der Waals surface area contributed by atoms with Crippen molar-refractivity contribution < 1.29 is 14.3 Å². The molecule has 0 saturated carbocycles. The van der Waals surface area contributed by atoms with Crippen molar-refractivity contribution in [2.45, 2.75) is 32.8 Å². The van der Waals surface area contributed by atoms with Gasteiger partial charge in [-0.25, -0.2) is 4.39 Å². The minimum atomic E-state index is -0.967. The van der Waals surface area contributed by atoms with Crippen LogP contribution in [-0.2, 0) is 11.2 Å². The maximum atomic E-state index is 14.2. The molecule has 1 unspecified atom stereocenters. The van der Waals surface area contributed by atoms with Crippen LogP contribution in [0.3, 0.4) is 0 Å². The molecule has 1 aliphatic heterocycles. The number of halogens is 1. The molecule has 3 rings (SSSR count). The number of hydrogen-bond acceptors (Lipinski definition) is 3. The lowest BCUT2D eigenvalue weighted by Crippen LogP contribution is -2.19. The fourth-order valence-electron chi connectivity index (χ4n) is 2.52. The number of rotatable bonds is 2. The Balaban J connectivity index is 2.00. The molecule has 5 heteroatoms. The van der Waals surface area contributed by atoms with E-state index in [2.05, 4.69) is 5.32 Å². The lowest BCUT2D eigenvalue weighted by molar-refractivity contribution is -0.116. The Labute approximate surface area is 126 Å². The first-order chi connectivity index (χ1) is 9.95. The second kappa shape index (κ2) is 5.24. The first-order valence-corrected chi connectivity index (χ1v) is 7.64. The van der Waals surface area contributed by atoms with Crippen molar-refractivity contribution in [1.82, 2.24) is 0 Å². The summed E-state index contributed by atoms with van der Waals surface area (Å²) >= 11 is 1.48. The largest absolute Gasteiger partial charge is 0.383 e. The Bertz CT molecular complexity index is 704. The minimum absolute atomic E-state index is 0.0975. The Morgan fingerprint density at radius 2 is 2.05 bits per heavy atom. The number of anilines is 1. The molecule has 1 atom stereocenters. The second-order valence-electron chi connectivity index (χ2n) is 5.37. The third-order valence-corrected chi connectivity index (χ3v) is 5.07. The number of thiophene rings is 1. The van der Waals surface area contributed by atoms with Gasteiger partial charge in [0.05, 0.1) is 0 Å². The summed E-state index contributed by atoms with van der Waals surface area (Å²) in [6.45, 7) is 3.95. The van der Waals surface area contributed by atoms with Crippen LogP contribution in [0, 0.1) is 19.7 Å². The summed E-state index contributed by atoms with van der Waals surface area (Å²) in [4.78, 5) is 13.2. The number of aryl methyl sites for hydroxylation is 3. The van der Waals surface area contributed by atoms with Crippen molar-refractivity contribution in [3.63, 3.8) is 0 Å². The molecule has 0 radical (unpaired) electrons. The van der Waals surface area contributed by atoms with Crippen LogP contribution in [0.5, 0.6) is 0 Å². The van der Waals surface area contributed by atoms with Crippen LogP contribution in [0.25, 0.3) is 0 Å². The molecule has 1 aromatic carbocycles. The minimum Gasteiger partial charge on any atom is -0.383 e. The number of nitrogens with one attached hydrogen (secondary N) is 1. The van der Waals surface area contributed by atoms with Gasteiger partial charge in [0.15, 0.2) is 0 Å². The molecule has 3 nitrogen and oxygen atoms in total.